The lowest BCUT2D eigenvalue weighted by Crippen LogP contribution is -2.49. The molecule has 0 aliphatic carbocycles. The number of benzene rings is 1. The SMILES string of the molecule is Cc1ccc(C)c(B2OCC(C)(C)CO2)c1C. The van der Waals surface area contributed by atoms with Gasteiger partial charge in [-0.25, -0.2) is 0 Å². The molecule has 0 aromatic heterocycles. The molecule has 92 valence electrons. The minimum atomic E-state index is -0.192. The van der Waals surface area contributed by atoms with Crippen LogP contribution in [0.3, 0.4) is 0 Å². The minimum absolute atomic E-state index is 0.127. The van der Waals surface area contributed by atoms with Crippen molar-refractivity contribution in [3.05, 3.63) is 28.8 Å². The first-order chi connectivity index (χ1) is 7.91. The van der Waals surface area contributed by atoms with Crippen molar-refractivity contribution in [2.24, 2.45) is 5.41 Å². The van der Waals surface area contributed by atoms with E-state index in [9.17, 15) is 0 Å². The van der Waals surface area contributed by atoms with Gasteiger partial charge in [0.15, 0.2) is 0 Å². The van der Waals surface area contributed by atoms with E-state index in [1.165, 1.54) is 22.2 Å². The average Bonchev–Trinajstić information content (AvgIpc) is 2.26. The lowest BCUT2D eigenvalue weighted by atomic mass is 9.70. The van der Waals surface area contributed by atoms with Gasteiger partial charge in [0.1, 0.15) is 0 Å². The summed E-state index contributed by atoms with van der Waals surface area (Å²) in [6.07, 6.45) is 0. The normalized spacial score (nSPS) is 19.5. The summed E-state index contributed by atoms with van der Waals surface area (Å²) in [4.78, 5) is 0. The minimum Gasteiger partial charge on any atom is -0.407 e. The van der Waals surface area contributed by atoms with Crippen LogP contribution in [-0.2, 0) is 9.31 Å². The van der Waals surface area contributed by atoms with E-state index in [1.54, 1.807) is 0 Å². The Morgan fingerprint density at radius 2 is 1.53 bits per heavy atom. The maximum atomic E-state index is 5.87. The Balaban J connectivity index is 2.27. The monoisotopic (exact) mass is 232 g/mol. The largest absolute Gasteiger partial charge is 0.494 e. The summed E-state index contributed by atoms with van der Waals surface area (Å²) in [7, 11) is -0.192. The second-order valence-electron chi connectivity index (χ2n) is 5.86. The van der Waals surface area contributed by atoms with Crippen molar-refractivity contribution in [1.82, 2.24) is 0 Å². The van der Waals surface area contributed by atoms with Crippen LogP contribution in [0.1, 0.15) is 30.5 Å². The second kappa shape index (κ2) is 4.47. The molecule has 0 saturated carbocycles. The average molecular weight is 232 g/mol. The van der Waals surface area contributed by atoms with E-state index < -0.39 is 0 Å². The van der Waals surface area contributed by atoms with E-state index in [2.05, 4.69) is 46.8 Å². The highest BCUT2D eigenvalue weighted by atomic mass is 16.6. The van der Waals surface area contributed by atoms with Gasteiger partial charge in [0, 0.05) is 18.6 Å². The molecule has 1 aromatic rings. The molecule has 2 nitrogen and oxygen atoms in total. The van der Waals surface area contributed by atoms with Crippen LogP contribution in [0.4, 0.5) is 0 Å². The molecule has 1 heterocycles. The maximum Gasteiger partial charge on any atom is 0.494 e. The zero-order valence-corrected chi connectivity index (χ0v) is 11.5. The number of aryl methyl sites for hydroxylation is 2. The first kappa shape index (κ1) is 12.7. The summed E-state index contributed by atoms with van der Waals surface area (Å²) in [6.45, 7) is 12.2. The third-order valence-corrected chi connectivity index (χ3v) is 3.49. The lowest BCUT2D eigenvalue weighted by molar-refractivity contribution is 0.0342. The van der Waals surface area contributed by atoms with Crippen molar-refractivity contribution in [2.45, 2.75) is 34.6 Å². The molecule has 0 N–H and O–H groups in total. The first-order valence-corrected chi connectivity index (χ1v) is 6.21. The van der Waals surface area contributed by atoms with Crippen LogP contribution in [0.15, 0.2) is 12.1 Å². The predicted molar refractivity (Wildman–Crippen MR) is 71.7 cm³/mol. The Morgan fingerprint density at radius 3 is 2.12 bits per heavy atom. The molecule has 1 aliphatic heterocycles. The Morgan fingerprint density at radius 1 is 1.00 bits per heavy atom. The summed E-state index contributed by atoms with van der Waals surface area (Å²) in [5.41, 5.74) is 5.16. The molecule has 0 amide bonds. The van der Waals surface area contributed by atoms with Crippen molar-refractivity contribution in [3.8, 4) is 0 Å². The van der Waals surface area contributed by atoms with Gasteiger partial charge in [-0.05, 0) is 37.4 Å². The summed E-state index contributed by atoms with van der Waals surface area (Å²) in [5.74, 6) is 0. The molecular weight excluding hydrogens is 211 g/mol. The van der Waals surface area contributed by atoms with Crippen molar-refractivity contribution in [2.75, 3.05) is 13.2 Å². The van der Waals surface area contributed by atoms with Gasteiger partial charge >= 0.3 is 7.12 Å². The van der Waals surface area contributed by atoms with Gasteiger partial charge in [0.25, 0.3) is 0 Å². The molecule has 0 bridgehead atoms. The van der Waals surface area contributed by atoms with Gasteiger partial charge in [-0.15, -0.1) is 0 Å². The molecular formula is C14H21BO2. The van der Waals surface area contributed by atoms with Crippen molar-refractivity contribution in [1.29, 1.82) is 0 Å². The van der Waals surface area contributed by atoms with Crippen molar-refractivity contribution in [3.63, 3.8) is 0 Å². The molecule has 1 saturated heterocycles. The van der Waals surface area contributed by atoms with Crippen LogP contribution in [-0.4, -0.2) is 20.3 Å². The standard InChI is InChI=1S/C14H21BO2/c1-10-6-7-11(2)13(12(10)3)15-16-8-14(4,5)9-17-15/h6-7H,8-9H2,1-5H3. The molecule has 0 spiro atoms. The third-order valence-electron chi connectivity index (χ3n) is 3.49. The highest BCUT2D eigenvalue weighted by molar-refractivity contribution is 6.62. The quantitative estimate of drug-likeness (QED) is 0.692. The number of hydrogen-bond acceptors (Lipinski definition) is 2. The number of rotatable bonds is 1. The van der Waals surface area contributed by atoms with Crippen molar-refractivity contribution < 1.29 is 9.31 Å². The molecule has 1 aliphatic rings. The molecule has 17 heavy (non-hydrogen) atoms. The molecule has 0 atom stereocenters. The van der Waals surface area contributed by atoms with E-state index in [0.717, 1.165) is 13.2 Å². The Bertz CT molecular complexity index is 416. The van der Waals surface area contributed by atoms with E-state index in [-0.39, 0.29) is 12.5 Å². The Labute approximate surface area is 104 Å². The smallest absolute Gasteiger partial charge is 0.407 e. The number of hydrogen-bond donors (Lipinski definition) is 0. The van der Waals surface area contributed by atoms with Gasteiger partial charge in [-0.1, -0.05) is 31.5 Å². The molecule has 2 rings (SSSR count). The van der Waals surface area contributed by atoms with E-state index in [1.807, 2.05) is 0 Å². The van der Waals surface area contributed by atoms with Crippen LogP contribution >= 0.6 is 0 Å². The summed E-state index contributed by atoms with van der Waals surface area (Å²) < 4.78 is 11.7. The summed E-state index contributed by atoms with van der Waals surface area (Å²) in [5, 5.41) is 0. The zero-order chi connectivity index (χ0) is 12.6. The summed E-state index contributed by atoms with van der Waals surface area (Å²) >= 11 is 0. The second-order valence-corrected chi connectivity index (χ2v) is 5.86. The Hall–Kier alpha value is -0.795. The van der Waals surface area contributed by atoms with Crippen molar-refractivity contribution >= 4 is 12.6 Å². The van der Waals surface area contributed by atoms with Gasteiger partial charge in [0.2, 0.25) is 0 Å². The van der Waals surface area contributed by atoms with Crippen LogP contribution in [0.25, 0.3) is 0 Å². The van der Waals surface area contributed by atoms with E-state index in [0.29, 0.717) is 0 Å². The van der Waals surface area contributed by atoms with E-state index in [4.69, 9.17) is 9.31 Å². The highest BCUT2D eigenvalue weighted by Crippen LogP contribution is 2.22. The predicted octanol–water partition coefficient (Wildman–Crippen LogP) is 2.38. The van der Waals surface area contributed by atoms with Gasteiger partial charge in [-0.3, -0.25) is 0 Å². The molecule has 3 heteroatoms. The maximum absolute atomic E-state index is 5.87. The van der Waals surface area contributed by atoms with Crippen LogP contribution < -0.4 is 5.46 Å². The first-order valence-electron chi connectivity index (χ1n) is 6.21. The fraction of sp³-hybridized carbons (Fsp3) is 0.571. The fourth-order valence-electron chi connectivity index (χ4n) is 2.19. The van der Waals surface area contributed by atoms with E-state index >= 15 is 0 Å². The van der Waals surface area contributed by atoms with Crippen LogP contribution in [0.5, 0.6) is 0 Å². The van der Waals surface area contributed by atoms with Gasteiger partial charge in [0.05, 0.1) is 0 Å². The topological polar surface area (TPSA) is 18.5 Å². The molecule has 1 aromatic carbocycles. The molecule has 0 unspecified atom stereocenters. The van der Waals surface area contributed by atoms with Crippen LogP contribution in [0, 0.1) is 26.2 Å². The molecule has 1 fully saturated rings. The molecule has 0 radical (unpaired) electrons. The van der Waals surface area contributed by atoms with Gasteiger partial charge in [-0.2, -0.15) is 0 Å². The fourth-order valence-corrected chi connectivity index (χ4v) is 2.19. The van der Waals surface area contributed by atoms with Gasteiger partial charge < -0.3 is 9.31 Å². The zero-order valence-electron chi connectivity index (χ0n) is 11.5. The highest BCUT2D eigenvalue weighted by Gasteiger charge is 2.35. The third kappa shape index (κ3) is 2.56. The lowest BCUT2D eigenvalue weighted by Gasteiger charge is -2.34. The van der Waals surface area contributed by atoms with Crippen LogP contribution in [0.2, 0.25) is 0 Å². The summed E-state index contributed by atoms with van der Waals surface area (Å²) in [6, 6.07) is 4.30. The Kier molecular flexibility index (Phi) is 3.33.